The van der Waals surface area contributed by atoms with Crippen LogP contribution in [-0.4, -0.2) is 9.97 Å². The van der Waals surface area contributed by atoms with Gasteiger partial charge in [-0.05, 0) is 19.9 Å². The van der Waals surface area contributed by atoms with Crippen molar-refractivity contribution in [3.05, 3.63) is 39.2 Å². The number of aryl methyl sites for hydroxylation is 1. The van der Waals surface area contributed by atoms with Gasteiger partial charge in [0, 0.05) is 17.3 Å². The van der Waals surface area contributed by atoms with Crippen molar-refractivity contribution >= 4 is 28.8 Å². The van der Waals surface area contributed by atoms with Crippen LogP contribution in [0.3, 0.4) is 0 Å². The van der Waals surface area contributed by atoms with E-state index in [1.165, 1.54) is 23.6 Å². The highest BCUT2D eigenvalue weighted by molar-refractivity contribution is 7.09. The molecule has 0 spiro atoms. The normalized spacial score (nSPS) is 12.5. The molecule has 2 aromatic heterocycles. The molecule has 0 aromatic carbocycles. The van der Waals surface area contributed by atoms with E-state index < -0.39 is 5.82 Å². The molecular formula is C11H11ClFN3S. The number of halogens is 2. The Morgan fingerprint density at radius 3 is 2.88 bits per heavy atom. The minimum absolute atomic E-state index is 0.0862. The van der Waals surface area contributed by atoms with Crippen LogP contribution in [-0.2, 0) is 0 Å². The van der Waals surface area contributed by atoms with Crippen LogP contribution in [0.5, 0.6) is 0 Å². The molecule has 0 aliphatic rings. The highest BCUT2D eigenvalue weighted by Crippen LogP contribution is 2.23. The van der Waals surface area contributed by atoms with Crippen LogP contribution >= 0.6 is 22.9 Å². The molecule has 1 atom stereocenters. The van der Waals surface area contributed by atoms with Crippen molar-refractivity contribution in [1.29, 1.82) is 0 Å². The maximum atomic E-state index is 13.5. The fourth-order valence-electron chi connectivity index (χ4n) is 1.36. The summed E-state index contributed by atoms with van der Waals surface area (Å²) in [6, 6.07) is 1.15. The van der Waals surface area contributed by atoms with Gasteiger partial charge in [0.15, 0.2) is 11.6 Å². The molecule has 6 heteroatoms. The van der Waals surface area contributed by atoms with Gasteiger partial charge in [-0.25, -0.2) is 14.4 Å². The van der Waals surface area contributed by atoms with Crippen molar-refractivity contribution in [3.8, 4) is 0 Å². The average molecular weight is 272 g/mol. The summed E-state index contributed by atoms with van der Waals surface area (Å²) in [5, 5.41) is 6.11. The summed E-state index contributed by atoms with van der Waals surface area (Å²) in [5.41, 5.74) is 0.961. The molecule has 0 aliphatic heterocycles. The van der Waals surface area contributed by atoms with Crippen LogP contribution in [0.1, 0.15) is 23.7 Å². The van der Waals surface area contributed by atoms with E-state index in [0.29, 0.717) is 0 Å². The lowest BCUT2D eigenvalue weighted by atomic mass is 10.3. The van der Waals surface area contributed by atoms with Gasteiger partial charge in [-0.2, -0.15) is 0 Å². The fourth-order valence-corrected chi connectivity index (χ4v) is 2.31. The first kappa shape index (κ1) is 12.3. The number of nitrogens with one attached hydrogen (secondary N) is 1. The molecule has 0 bridgehead atoms. The zero-order valence-electron chi connectivity index (χ0n) is 9.37. The minimum Gasteiger partial charge on any atom is -0.359 e. The summed E-state index contributed by atoms with van der Waals surface area (Å²) in [6.07, 6.45) is 1.41. The lowest BCUT2D eigenvalue weighted by molar-refractivity contribution is 0.621. The summed E-state index contributed by atoms with van der Waals surface area (Å²) in [7, 11) is 0. The Kier molecular flexibility index (Phi) is 3.59. The fraction of sp³-hybridized carbons (Fsp3) is 0.273. The predicted octanol–water partition coefficient (Wildman–Crippen LogP) is 3.81. The Morgan fingerprint density at radius 1 is 1.53 bits per heavy atom. The van der Waals surface area contributed by atoms with Crippen molar-refractivity contribution in [3.63, 3.8) is 0 Å². The number of nitrogens with zero attached hydrogens (tertiary/aromatic N) is 2. The van der Waals surface area contributed by atoms with E-state index in [0.717, 1.165) is 10.7 Å². The van der Waals surface area contributed by atoms with Gasteiger partial charge in [0.2, 0.25) is 0 Å². The maximum Gasteiger partial charge on any atom is 0.166 e. The molecule has 3 nitrogen and oxygen atoms in total. The number of hydrogen-bond donors (Lipinski definition) is 1. The van der Waals surface area contributed by atoms with E-state index in [4.69, 9.17) is 11.6 Å². The SMILES string of the molecule is Cc1csc(C(C)Nc2ncc(Cl)cc2F)n1. The maximum absolute atomic E-state index is 13.5. The Balaban J connectivity index is 2.15. The lowest BCUT2D eigenvalue weighted by Gasteiger charge is -2.12. The van der Waals surface area contributed by atoms with Crippen LogP contribution in [0.4, 0.5) is 10.2 Å². The number of hydrogen-bond acceptors (Lipinski definition) is 4. The van der Waals surface area contributed by atoms with E-state index >= 15 is 0 Å². The predicted molar refractivity (Wildman–Crippen MR) is 68.1 cm³/mol. The second-order valence-electron chi connectivity index (χ2n) is 3.68. The van der Waals surface area contributed by atoms with Crippen LogP contribution in [0.2, 0.25) is 5.02 Å². The van der Waals surface area contributed by atoms with Crippen molar-refractivity contribution in [1.82, 2.24) is 9.97 Å². The Hall–Kier alpha value is -1.20. The molecule has 0 aliphatic carbocycles. The summed E-state index contributed by atoms with van der Waals surface area (Å²) >= 11 is 7.17. The summed E-state index contributed by atoms with van der Waals surface area (Å²) in [6.45, 7) is 3.84. The number of rotatable bonds is 3. The average Bonchev–Trinajstić information content (AvgIpc) is 2.69. The third-order valence-electron chi connectivity index (χ3n) is 2.17. The zero-order chi connectivity index (χ0) is 12.4. The minimum atomic E-state index is -0.461. The Bertz CT molecular complexity index is 529. The molecule has 2 aromatic rings. The monoisotopic (exact) mass is 271 g/mol. The van der Waals surface area contributed by atoms with Gasteiger partial charge in [-0.3, -0.25) is 0 Å². The van der Waals surface area contributed by atoms with Gasteiger partial charge in [0.25, 0.3) is 0 Å². The standard InChI is InChI=1S/C11H11ClFN3S/c1-6-5-17-11(15-6)7(2)16-10-9(13)3-8(12)4-14-10/h3-5,7H,1-2H3,(H,14,16). The highest BCUT2D eigenvalue weighted by Gasteiger charge is 2.12. The Labute approximate surface area is 108 Å². The van der Waals surface area contributed by atoms with Gasteiger partial charge in [-0.15, -0.1) is 11.3 Å². The molecule has 0 saturated heterocycles. The number of aromatic nitrogens is 2. The van der Waals surface area contributed by atoms with Gasteiger partial charge in [-0.1, -0.05) is 11.6 Å². The van der Waals surface area contributed by atoms with Crippen LogP contribution in [0.15, 0.2) is 17.6 Å². The molecule has 0 fully saturated rings. The van der Waals surface area contributed by atoms with E-state index in [-0.39, 0.29) is 16.9 Å². The molecular weight excluding hydrogens is 261 g/mol. The largest absolute Gasteiger partial charge is 0.359 e. The number of thiazole rings is 1. The van der Waals surface area contributed by atoms with Gasteiger partial charge in [0.1, 0.15) is 5.01 Å². The highest BCUT2D eigenvalue weighted by atomic mass is 35.5. The second kappa shape index (κ2) is 4.98. The van der Waals surface area contributed by atoms with E-state index in [9.17, 15) is 4.39 Å². The second-order valence-corrected chi connectivity index (χ2v) is 5.00. The van der Waals surface area contributed by atoms with Crippen LogP contribution < -0.4 is 5.32 Å². The molecule has 1 N–H and O–H groups in total. The van der Waals surface area contributed by atoms with Gasteiger partial charge >= 0.3 is 0 Å². The molecule has 0 saturated carbocycles. The van der Waals surface area contributed by atoms with E-state index in [2.05, 4.69) is 15.3 Å². The van der Waals surface area contributed by atoms with E-state index in [1.807, 2.05) is 19.2 Å². The third kappa shape index (κ3) is 2.92. The summed E-state index contributed by atoms with van der Waals surface area (Å²) in [5.74, 6) is -0.271. The van der Waals surface area contributed by atoms with Crippen molar-refractivity contribution in [2.75, 3.05) is 5.32 Å². The Morgan fingerprint density at radius 2 is 2.29 bits per heavy atom. The molecule has 90 valence electrons. The molecule has 2 heterocycles. The van der Waals surface area contributed by atoms with Crippen molar-refractivity contribution < 1.29 is 4.39 Å². The smallest absolute Gasteiger partial charge is 0.166 e. The molecule has 2 rings (SSSR count). The van der Waals surface area contributed by atoms with Crippen molar-refractivity contribution in [2.24, 2.45) is 0 Å². The van der Waals surface area contributed by atoms with Crippen LogP contribution in [0.25, 0.3) is 0 Å². The van der Waals surface area contributed by atoms with Crippen LogP contribution in [0, 0.1) is 12.7 Å². The topological polar surface area (TPSA) is 37.8 Å². The number of anilines is 1. The molecule has 0 amide bonds. The quantitative estimate of drug-likeness (QED) is 0.922. The third-order valence-corrected chi connectivity index (χ3v) is 3.52. The molecule has 17 heavy (non-hydrogen) atoms. The summed E-state index contributed by atoms with van der Waals surface area (Å²) < 4.78 is 13.5. The molecule has 1 unspecified atom stereocenters. The van der Waals surface area contributed by atoms with Gasteiger partial charge < -0.3 is 5.32 Å². The van der Waals surface area contributed by atoms with E-state index in [1.54, 1.807) is 0 Å². The first-order chi connectivity index (χ1) is 8.06. The molecule has 0 radical (unpaired) electrons. The first-order valence-electron chi connectivity index (χ1n) is 5.06. The van der Waals surface area contributed by atoms with Gasteiger partial charge in [0.05, 0.1) is 11.1 Å². The number of pyridine rings is 1. The zero-order valence-corrected chi connectivity index (χ0v) is 10.9. The lowest BCUT2D eigenvalue weighted by Crippen LogP contribution is -2.09. The summed E-state index contributed by atoms with van der Waals surface area (Å²) in [4.78, 5) is 8.24. The first-order valence-corrected chi connectivity index (χ1v) is 6.31. The van der Waals surface area contributed by atoms with Crippen molar-refractivity contribution in [2.45, 2.75) is 19.9 Å².